The minimum atomic E-state index is -0.120. The Bertz CT molecular complexity index is 837. The van der Waals surface area contributed by atoms with Gasteiger partial charge in [-0.3, -0.25) is 4.79 Å². The molecule has 0 saturated carbocycles. The first-order valence-electron chi connectivity index (χ1n) is 8.51. The molecular formula is C22H21NOS2. The van der Waals surface area contributed by atoms with Gasteiger partial charge < -0.3 is 5.32 Å². The zero-order valence-electron chi connectivity index (χ0n) is 14.6. The summed E-state index contributed by atoms with van der Waals surface area (Å²) < 4.78 is 0. The molecule has 1 N–H and O–H groups in total. The van der Waals surface area contributed by atoms with Gasteiger partial charge in [0.1, 0.15) is 0 Å². The number of thioether (sulfide) groups is 1. The van der Waals surface area contributed by atoms with Crippen molar-refractivity contribution in [2.75, 3.05) is 5.32 Å². The second-order valence-electron chi connectivity index (χ2n) is 5.84. The highest BCUT2D eigenvalue weighted by atomic mass is 32.2. The summed E-state index contributed by atoms with van der Waals surface area (Å²) in [6.45, 7) is 1.95. The molecule has 0 radical (unpaired) electrons. The molecule has 3 aromatic rings. The average Bonchev–Trinajstić information content (AvgIpc) is 2.69. The first-order valence-corrected chi connectivity index (χ1v) is 10.4. The quantitative estimate of drug-likeness (QED) is 0.538. The van der Waals surface area contributed by atoms with E-state index in [0.717, 1.165) is 21.2 Å². The summed E-state index contributed by atoms with van der Waals surface area (Å²) in [7, 11) is 0. The van der Waals surface area contributed by atoms with Crippen LogP contribution in [0, 0.1) is 0 Å². The van der Waals surface area contributed by atoms with Crippen molar-refractivity contribution in [3.05, 3.63) is 90.5 Å². The Labute approximate surface area is 163 Å². The van der Waals surface area contributed by atoms with E-state index in [-0.39, 0.29) is 11.2 Å². The van der Waals surface area contributed by atoms with Crippen molar-refractivity contribution in [2.24, 2.45) is 0 Å². The van der Waals surface area contributed by atoms with Gasteiger partial charge in [-0.15, -0.1) is 11.8 Å². The third-order valence-electron chi connectivity index (χ3n) is 3.83. The van der Waals surface area contributed by atoms with Crippen LogP contribution in [0.3, 0.4) is 0 Å². The van der Waals surface area contributed by atoms with Gasteiger partial charge in [-0.25, -0.2) is 0 Å². The molecule has 0 aromatic heterocycles. The fourth-order valence-electron chi connectivity index (χ4n) is 2.38. The van der Waals surface area contributed by atoms with Crippen LogP contribution in [-0.2, 0) is 10.5 Å². The molecule has 0 fully saturated rings. The van der Waals surface area contributed by atoms with E-state index in [1.165, 1.54) is 5.56 Å². The Morgan fingerprint density at radius 2 is 1.50 bits per heavy atom. The largest absolute Gasteiger partial charge is 0.324 e. The minimum Gasteiger partial charge on any atom is -0.324 e. The van der Waals surface area contributed by atoms with Crippen LogP contribution in [-0.4, -0.2) is 11.2 Å². The highest BCUT2D eigenvalue weighted by Crippen LogP contribution is 2.33. The highest BCUT2D eigenvalue weighted by molar-refractivity contribution is 8.00. The van der Waals surface area contributed by atoms with E-state index in [1.807, 2.05) is 67.6 Å². The van der Waals surface area contributed by atoms with Crippen LogP contribution in [0.15, 0.2) is 94.7 Å². The van der Waals surface area contributed by atoms with E-state index in [0.29, 0.717) is 0 Å². The molecule has 0 aliphatic rings. The summed E-state index contributed by atoms with van der Waals surface area (Å²) in [5, 5.41) is 2.97. The van der Waals surface area contributed by atoms with Gasteiger partial charge in [0.2, 0.25) is 5.91 Å². The van der Waals surface area contributed by atoms with Crippen LogP contribution in [0.2, 0.25) is 0 Å². The van der Waals surface area contributed by atoms with Crippen molar-refractivity contribution >= 4 is 35.1 Å². The average molecular weight is 380 g/mol. The molecule has 0 aliphatic heterocycles. The number of para-hydroxylation sites is 1. The summed E-state index contributed by atoms with van der Waals surface area (Å²) in [4.78, 5) is 14.8. The van der Waals surface area contributed by atoms with Gasteiger partial charge in [0.25, 0.3) is 0 Å². The second-order valence-corrected chi connectivity index (χ2v) is 8.28. The zero-order chi connectivity index (χ0) is 18.2. The fourth-order valence-corrected chi connectivity index (χ4v) is 4.15. The first-order chi connectivity index (χ1) is 12.7. The lowest BCUT2D eigenvalue weighted by Crippen LogP contribution is -2.22. The summed E-state index contributed by atoms with van der Waals surface area (Å²) in [6.07, 6.45) is 0. The predicted octanol–water partition coefficient (Wildman–Crippen LogP) is 6.10. The van der Waals surface area contributed by atoms with Crippen molar-refractivity contribution in [1.82, 2.24) is 0 Å². The number of carbonyl (C=O) groups excluding carboxylic acids is 1. The number of nitrogens with one attached hydrogen (secondary N) is 1. The molecule has 3 aromatic carbocycles. The Morgan fingerprint density at radius 3 is 2.23 bits per heavy atom. The molecule has 4 heteroatoms. The van der Waals surface area contributed by atoms with Gasteiger partial charge in [0, 0.05) is 15.5 Å². The molecule has 1 unspecified atom stereocenters. The molecule has 2 nitrogen and oxygen atoms in total. The number of rotatable bonds is 7. The number of carbonyl (C=O) groups is 1. The van der Waals surface area contributed by atoms with E-state index in [1.54, 1.807) is 23.5 Å². The van der Waals surface area contributed by atoms with Gasteiger partial charge in [-0.2, -0.15) is 0 Å². The zero-order valence-corrected chi connectivity index (χ0v) is 16.2. The highest BCUT2D eigenvalue weighted by Gasteiger charge is 2.15. The first kappa shape index (κ1) is 18.6. The van der Waals surface area contributed by atoms with Gasteiger partial charge in [0.05, 0.1) is 10.9 Å². The maximum Gasteiger partial charge on any atom is 0.237 e. The van der Waals surface area contributed by atoms with Crippen LogP contribution in [0.1, 0.15) is 12.5 Å². The maximum absolute atomic E-state index is 12.6. The molecule has 0 bridgehead atoms. The SMILES string of the molecule is CC(SCc1ccccc1)C(=O)Nc1ccccc1Sc1ccccc1. The Hall–Kier alpha value is -2.17. The summed E-state index contributed by atoms with van der Waals surface area (Å²) >= 11 is 3.30. The minimum absolute atomic E-state index is 0.0343. The van der Waals surface area contributed by atoms with Crippen molar-refractivity contribution in [2.45, 2.75) is 27.7 Å². The van der Waals surface area contributed by atoms with Crippen LogP contribution in [0.25, 0.3) is 0 Å². The molecule has 0 heterocycles. The van der Waals surface area contributed by atoms with Crippen LogP contribution in [0.4, 0.5) is 5.69 Å². The Balaban J connectivity index is 1.62. The number of hydrogen-bond donors (Lipinski definition) is 1. The molecule has 0 spiro atoms. The lowest BCUT2D eigenvalue weighted by Gasteiger charge is -2.14. The van der Waals surface area contributed by atoms with Gasteiger partial charge in [-0.05, 0) is 36.8 Å². The number of hydrogen-bond acceptors (Lipinski definition) is 3. The summed E-state index contributed by atoms with van der Waals surface area (Å²) in [5.74, 6) is 0.864. The smallest absolute Gasteiger partial charge is 0.237 e. The van der Waals surface area contributed by atoms with E-state index in [9.17, 15) is 4.79 Å². The number of anilines is 1. The predicted molar refractivity (Wildman–Crippen MR) is 113 cm³/mol. The number of amides is 1. The molecule has 3 rings (SSSR count). The van der Waals surface area contributed by atoms with E-state index < -0.39 is 0 Å². The Kier molecular flexibility index (Phi) is 6.81. The van der Waals surface area contributed by atoms with Crippen LogP contribution in [0.5, 0.6) is 0 Å². The van der Waals surface area contributed by atoms with Crippen LogP contribution >= 0.6 is 23.5 Å². The van der Waals surface area contributed by atoms with E-state index >= 15 is 0 Å². The normalized spacial score (nSPS) is 11.7. The van der Waals surface area contributed by atoms with Gasteiger partial charge in [0.15, 0.2) is 0 Å². The Morgan fingerprint density at radius 1 is 0.885 bits per heavy atom. The van der Waals surface area contributed by atoms with Crippen molar-refractivity contribution < 1.29 is 4.79 Å². The molecule has 1 amide bonds. The lowest BCUT2D eigenvalue weighted by atomic mass is 10.2. The number of benzene rings is 3. The third-order valence-corrected chi connectivity index (χ3v) is 6.13. The molecule has 0 aliphatic carbocycles. The molecule has 132 valence electrons. The molecular weight excluding hydrogens is 358 g/mol. The topological polar surface area (TPSA) is 29.1 Å². The van der Waals surface area contributed by atoms with Crippen molar-refractivity contribution in [1.29, 1.82) is 0 Å². The van der Waals surface area contributed by atoms with Gasteiger partial charge in [-0.1, -0.05) is 72.4 Å². The third kappa shape index (κ3) is 5.41. The summed E-state index contributed by atoms with van der Waals surface area (Å²) in [5.41, 5.74) is 2.09. The fraction of sp³-hybridized carbons (Fsp3) is 0.136. The summed E-state index contributed by atoms with van der Waals surface area (Å²) in [6, 6.07) is 28.4. The molecule has 1 atom stereocenters. The second kappa shape index (κ2) is 9.51. The standard InChI is InChI=1S/C22H21NOS2/c1-17(25-16-18-10-4-2-5-11-18)22(24)23-20-14-8-9-15-21(20)26-19-12-6-3-7-13-19/h2-15,17H,16H2,1H3,(H,23,24). The van der Waals surface area contributed by atoms with Crippen LogP contribution < -0.4 is 5.32 Å². The monoisotopic (exact) mass is 379 g/mol. The van der Waals surface area contributed by atoms with Crippen molar-refractivity contribution in [3.63, 3.8) is 0 Å². The molecule has 26 heavy (non-hydrogen) atoms. The molecule has 0 saturated heterocycles. The van der Waals surface area contributed by atoms with Crippen molar-refractivity contribution in [3.8, 4) is 0 Å². The maximum atomic E-state index is 12.6. The van der Waals surface area contributed by atoms with E-state index in [4.69, 9.17) is 0 Å². The van der Waals surface area contributed by atoms with Gasteiger partial charge >= 0.3 is 0 Å². The van der Waals surface area contributed by atoms with E-state index in [2.05, 4.69) is 29.6 Å². The lowest BCUT2D eigenvalue weighted by molar-refractivity contribution is -0.115.